The standard InChI is InChI=1S/C16H15ClN4O3/c17-13-4-1-3-12(11-13)16(22)20-9-7-19(8-10-20)15-14(21(23)24)5-2-6-18-15/h1-6,11H,7-10H2. The minimum absolute atomic E-state index is 0.0212. The molecule has 1 amide bonds. The summed E-state index contributed by atoms with van der Waals surface area (Å²) in [7, 11) is 0. The van der Waals surface area contributed by atoms with Crippen LogP contribution in [0.3, 0.4) is 0 Å². The smallest absolute Gasteiger partial charge is 0.311 e. The first kappa shape index (κ1) is 16.2. The molecule has 0 N–H and O–H groups in total. The molecule has 124 valence electrons. The first-order valence-corrected chi connectivity index (χ1v) is 7.83. The van der Waals surface area contributed by atoms with E-state index in [1.54, 1.807) is 35.2 Å². The van der Waals surface area contributed by atoms with Crippen LogP contribution < -0.4 is 4.90 Å². The molecule has 0 saturated carbocycles. The van der Waals surface area contributed by atoms with Gasteiger partial charge in [-0.15, -0.1) is 0 Å². The van der Waals surface area contributed by atoms with Crippen molar-refractivity contribution in [2.75, 3.05) is 31.1 Å². The van der Waals surface area contributed by atoms with E-state index >= 15 is 0 Å². The third-order valence-corrected chi connectivity index (χ3v) is 4.14. The van der Waals surface area contributed by atoms with E-state index in [1.807, 2.05) is 4.90 Å². The summed E-state index contributed by atoms with van der Waals surface area (Å²) < 4.78 is 0. The molecule has 1 fully saturated rings. The lowest BCUT2D eigenvalue weighted by Crippen LogP contribution is -2.49. The summed E-state index contributed by atoms with van der Waals surface area (Å²) in [6.07, 6.45) is 1.53. The van der Waals surface area contributed by atoms with Crippen molar-refractivity contribution in [1.29, 1.82) is 0 Å². The molecule has 0 unspecified atom stereocenters. The van der Waals surface area contributed by atoms with Gasteiger partial charge in [0.2, 0.25) is 5.82 Å². The van der Waals surface area contributed by atoms with Crippen LogP contribution in [0, 0.1) is 10.1 Å². The van der Waals surface area contributed by atoms with Gasteiger partial charge < -0.3 is 9.80 Å². The van der Waals surface area contributed by atoms with E-state index in [0.29, 0.717) is 42.6 Å². The minimum atomic E-state index is -0.439. The number of rotatable bonds is 3. The zero-order valence-electron chi connectivity index (χ0n) is 12.8. The number of aromatic nitrogens is 1. The van der Waals surface area contributed by atoms with Crippen molar-refractivity contribution in [3.63, 3.8) is 0 Å². The molecule has 7 nitrogen and oxygen atoms in total. The average Bonchev–Trinajstić information content (AvgIpc) is 2.61. The summed E-state index contributed by atoms with van der Waals surface area (Å²) in [6.45, 7) is 1.92. The van der Waals surface area contributed by atoms with Crippen LogP contribution in [0.1, 0.15) is 10.4 Å². The van der Waals surface area contributed by atoms with Gasteiger partial charge in [-0.2, -0.15) is 0 Å². The van der Waals surface area contributed by atoms with Gasteiger partial charge >= 0.3 is 5.69 Å². The number of benzene rings is 1. The van der Waals surface area contributed by atoms with E-state index in [1.165, 1.54) is 12.3 Å². The van der Waals surface area contributed by atoms with Crippen molar-refractivity contribution in [3.05, 3.63) is 63.3 Å². The highest BCUT2D eigenvalue weighted by molar-refractivity contribution is 6.30. The zero-order valence-corrected chi connectivity index (χ0v) is 13.5. The van der Waals surface area contributed by atoms with E-state index in [4.69, 9.17) is 11.6 Å². The second-order valence-electron chi connectivity index (χ2n) is 5.39. The maximum atomic E-state index is 12.5. The Morgan fingerprint density at radius 2 is 1.92 bits per heavy atom. The SMILES string of the molecule is O=C(c1cccc(Cl)c1)N1CCN(c2ncccc2[N+](=O)[O-])CC1. The molecule has 1 aliphatic heterocycles. The van der Waals surface area contributed by atoms with Gasteiger partial charge in [0.15, 0.2) is 0 Å². The van der Waals surface area contributed by atoms with Crippen LogP contribution >= 0.6 is 11.6 Å². The maximum Gasteiger partial charge on any atom is 0.311 e. The van der Waals surface area contributed by atoms with Crippen LogP contribution in [0.2, 0.25) is 5.02 Å². The molecule has 0 radical (unpaired) electrons. The molecule has 1 aromatic heterocycles. The maximum absolute atomic E-state index is 12.5. The van der Waals surface area contributed by atoms with Gasteiger partial charge in [0.1, 0.15) is 0 Å². The van der Waals surface area contributed by atoms with Crippen molar-refractivity contribution in [2.45, 2.75) is 0 Å². The molecule has 8 heteroatoms. The predicted molar refractivity (Wildman–Crippen MR) is 90.5 cm³/mol. The van der Waals surface area contributed by atoms with E-state index < -0.39 is 4.92 Å². The van der Waals surface area contributed by atoms with Crippen molar-refractivity contribution >= 4 is 29.0 Å². The molecule has 24 heavy (non-hydrogen) atoms. The second-order valence-corrected chi connectivity index (χ2v) is 5.83. The lowest BCUT2D eigenvalue weighted by atomic mass is 10.2. The van der Waals surface area contributed by atoms with Gasteiger partial charge in [0, 0.05) is 49.0 Å². The largest absolute Gasteiger partial charge is 0.347 e. The minimum Gasteiger partial charge on any atom is -0.347 e. The zero-order chi connectivity index (χ0) is 17.1. The van der Waals surface area contributed by atoms with E-state index in [2.05, 4.69) is 4.98 Å². The van der Waals surface area contributed by atoms with Crippen LogP contribution in [0.15, 0.2) is 42.6 Å². The summed E-state index contributed by atoms with van der Waals surface area (Å²) in [5, 5.41) is 11.6. The fourth-order valence-electron chi connectivity index (χ4n) is 2.70. The summed E-state index contributed by atoms with van der Waals surface area (Å²) in [5.74, 6) is 0.255. The third-order valence-electron chi connectivity index (χ3n) is 3.90. The molecule has 1 aliphatic rings. The quantitative estimate of drug-likeness (QED) is 0.630. The fourth-order valence-corrected chi connectivity index (χ4v) is 2.89. The van der Waals surface area contributed by atoms with Gasteiger partial charge in [-0.1, -0.05) is 17.7 Å². The molecular formula is C16H15ClN4O3. The van der Waals surface area contributed by atoms with Crippen molar-refractivity contribution < 1.29 is 9.72 Å². The van der Waals surface area contributed by atoms with Crippen LogP contribution in [-0.2, 0) is 0 Å². The monoisotopic (exact) mass is 346 g/mol. The van der Waals surface area contributed by atoms with Crippen LogP contribution in [0.4, 0.5) is 11.5 Å². The summed E-state index contributed by atoms with van der Waals surface area (Å²) >= 11 is 5.93. The molecule has 0 spiro atoms. The Hall–Kier alpha value is -2.67. The molecule has 0 atom stereocenters. The van der Waals surface area contributed by atoms with E-state index in [9.17, 15) is 14.9 Å². The van der Waals surface area contributed by atoms with Crippen LogP contribution in [0.5, 0.6) is 0 Å². The number of hydrogen-bond donors (Lipinski definition) is 0. The van der Waals surface area contributed by atoms with Gasteiger partial charge in [0.05, 0.1) is 4.92 Å². The Bertz CT molecular complexity index is 775. The number of pyridine rings is 1. The van der Waals surface area contributed by atoms with E-state index in [-0.39, 0.29) is 11.6 Å². The van der Waals surface area contributed by atoms with Gasteiger partial charge in [0.25, 0.3) is 5.91 Å². The molecule has 0 aliphatic carbocycles. The van der Waals surface area contributed by atoms with Crippen LogP contribution in [-0.4, -0.2) is 46.9 Å². The molecule has 1 saturated heterocycles. The molecule has 0 bridgehead atoms. The highest BCUT2D eigenvalue weighted by Gasteiger charge is 2.27. The predicted octanol–water partition coefficient (Wildman–Crippen LogP) is 2.61. The highest BCUT2D eigenvalue weighted by Crippen LogP contribution is 2.26. The highest BCUT2D eigenvalue weighted by atomic mass is 35.5. The molecule has 3 rings (SSSR count). The van der Waals surface area contributed by atoms with Crippen molar-refractivity contribution in [1.82, 2.24) is 9.88 Å². The van der Waals surface area contributed by atoms with E-state index in [0.717, 1.165) is 0 Å². The van der Waals surface area contributed by atoms with Crippen molar-refractivity contribution in [3.8, 4) is 0 Å². The third kappa shape index (κ3) is 3.30. The average molecular weight is 347 g/mol. The number of anilines is 1. The second kappa shape index (κ2) is 6.84. The number of hydrogen-bond acceptors (Lipinski definition) is 5. The van der Waals surface area contributed by atoms with Gasteiger partial charge in [-0.3, -0.25) is 14.9 Å². The molecule has 2 heterocycles. The van der Waals surface area contributed by atoms with Crippen LogP contribution in [0.25, 0.3) is 0 Å². The number of piperazine rings is 1. The summed E-state index contributed by atoms with van der Waals surface area (Å²) in [6, 6.07) is 9.80. The Balaban J connectivity index is 1.70. The Morgan fingerprint density at radius 1 is 1.17 bits per heavy atom. The normalized spacial score (nSPS) is 14.5. The molecule has 2 aromatic rings. The van der Waals surface area contributed by atoms with Crippen molar-refractivity contribution in [2.24, 2.45) is 0 Å². The van der Waals surface area contributed by atoms with Gasteiger partial charge in [-0.25, -0.2) is 4.98 Å². The topological polar surface area (TPSA) is 79.6 Å². The summed E-state index contributed by atoms with van der Waals surface area (Å²) in [5.41, 5.74) is 0.520. The fraction of sp³-hybridized carbons (Fsp3) is 0.250. The number of nitro groups is 1. The summed E-state index contributed by atoms with van der Waals surface area (Å²) in [4.78, 5) is 30.9. The number of carbonyl (C=O) groups is 1. The first-order chi connectivity index (χ1) is 11.6. The number of halogens is 1. The lowest BCUT2D eigenvalue weighted by molar-refractivity contribution is -0.384. The molecule has 1 aromatic carbocycles. The lowest BCUT2D eigenvalue weighted by Gasteiger charge is -2.35. The Labute approximate surface area is 143 Å². The Kier molecular flexibility index (Phi) is 4.61. The van der Waals surface area contributed by atoms with Gasteiger partial charge in [-0.05, 0) is 24.3 Å². The molecular weight excluding hydrogens is 332 g/mol. The Morgan fingerprint density at radius 3 is 2.58 bits per heavy atom. The number of amides is 1. The number of carbonyl (C=O) groups excluding carboxylic acids is 1. The first-order valence-electron chi connectivity index (χ1n) is 7.45. The number of nitrogens with zero attached hydrogens (tertiary/aromatic N) is 4.